The zero-order valence-corrected chi connectivity index (χ0v) is 16.4. The van der Waals surface area contributed by atoms with Gasteiger partial charge in [0.25, 0.3) is 5.56 Å². The van der Waals surface area contributed by atoms with Crippen LogP contribution in [0.15, 0.2) is 15.9 Å². The molecule has 27 heavy (non-hydrogen) atoms. The van der Waals surface area contributed by atoms with Crippen molar-refractivity contribution in [1.82, 2.24) is 28.9 Å². The Morgan fingerprint density at radius 2 is 1.93 bits per heavy atom. The molecular formula is C16H21N7O3S. The highest BCUT2D eigenvalue weighted by Gasteiger charge is 2.18. The molecule has 1 N–H and O–H groups in total. The fourth-order valence-electron chi connectivity index (χ4n) is 2.93. The van der Waals surface area contributed by atoms with Gasteiger partial charge in [-0.1, -0.05) is 25.2 Å². The highest BCUT2D eigenvalue weighted by Crippen LogP contribution is 2.27. The van der Waals surface area contributed by atoms with Gasteiger partial charge in [0.2, 0.25) is 11.0 Å². The van der Waals surface area contributed by atoms with Gasteiger partial charge in [0, 0.05) is 20.0 Å². The molecule has 3 aromatic rings. The van der Waals surface area contributed by atoms with Crippen LogP contribution in [0.2, 0.25) is 0 Å². The Morgan fingerprint density at radius 3 is 2.59 bits per heavy atom. The third kappa shape index (κ3) is 3.42. The van der Waals surface area contributed by atoms with E-state index in [-0.39, 0.29) is 11.2 Å². The van der Waals surface area contributed by atoms with Crippen LogP contribution in [0.5, 0.6) is 0 Å². The number of rotatable bonds is 6. The molecule has 3 rings (SSSR count). The summed E-state index contributed by atoms with van der Waals surface area (Å²) in [6.45, 7) is 3.74. The fourth-order valence-corrected chi connectivity index (χ4v) is 3.95. The normalized spacial score (nSPS) is 11.4. The van der Waals surface area contributed by atoms with Crippen LogP contribution in [0.4, 0.5) is 5.13 Å². The van der Waals surface area contributed by atoms with Crippen molar-refractivity contribution < 1.29 is 4.79 Å². The minimum Gasteiger partial charge on any atom is -0.328 e. The third-order valence-electron chi connectivity index (χ3n) is 4.52. The zero-order valence-electron chi connectivity index (χ0n) is 15.6. The summed E-state index contributed by atoms with van der Waals surface area (Å²) < 4.78 is 3.67. The van der Waals surface area contributed by atoms with Crippen LogP contribution in [0.25, 0.3) is 11.2 Å². The second-order valence-corrected chi connectivity index (χ2v) is 7.28. The molecule has 0 saturated heterocycles. The average Bonchev–Trinajstić information content (AvgIpc) is 3.25. The van der Waals surface area contributed by atoms with Crippen molar-refractivity contribution in [2.24, 2.45) is 14.1 Å². The lowest BCUT2D eigenvalue weighted by Gasteiger charge is -2.08. The predicted molar refractivity (Wildman–Crippen MR) is 102 cm³/mol. The molecule has 0 aliphatic rings. The van der Waals surface area contributed by atoms with Crippen LogP contribution in [-0.2, 0) is 25.4 Å². The van der Waals surface area contributed by atoms with Gasteiger partial charge < -0.3 is 4.57 Å². The summed E-state index contributed by atoms with van der Waals surface area (Å²) in [7, 11) is 3.17. The SMILES string of the molecule is CCC(CC)c1nnc(NC(=O)Cn2c(=O)c3c(ncn3C)n(C)c2=O)s1. The Balaban J connectivity index is 1.86. The number of amides is 1. The van der Waals surface area contributed by atoms with Gasteiger partial charge in [-0.2, -0.15) is 0 Å². The van der Waals surface area contributed by atoms with E-state index in [1.165, 1.54) is 33.8 Å². The van der Waals surface area contributed by atoms with Crippen LogP contribution in [0.3, 0.4) is 0 Å². The maximum atomic E-state index is 12.6. The van der Waals surface area contributed by atoms with Gasteiger partial charge >= 0.3 is 5.69 Å². The molecule has 0 atom stereocenters. The maximum absolute atomic E-state index is 12.6. The van der Waals surface area contributed by atoms with E-state index in [1.807, 2.05) is 0 Å². The van der Waals surface area contributed by atoms with Gasteiger partial charge in [-0.3, -0.25) is 19.5 Å². The van der Waals surface area contributed by atoms with E-state index < -0.39 is 23.7 Å². The highest BCUT2D eigenvalue weighted by atomic mass is 32.1. The Labute approximate surface area is 158 Å². The predicted octanol–water partition coefficient (Wildman–Crippen LogP) is 0.827. The summed E-state index contributed by atoms with van der Waals surface area (Å²) >= 11 is 1.31. The second kappa shape index (κ2) is 7.43. The molecule has 3 heterocycles. The molecule has 1 amide bonds. The minimum absolute atomic E-state index is 0.261. The molecule has 0 aliphatic heterocycles. The molecule has 0 spiro atoms. The Bertz CT molecular complexity index is 1100. The highest BCUT2D eigenvalue weighted by molar-refractivity contribution is 7.15. The van der Waals surface area contributed by atoms with E-state index in [0.29, 0.717) is 11.0 Å². The summed E-state index contributed by atoms with van der Waals surface area (Å²) in [6.07, 6.45) is 3.33. The van der Waals surface area contributed by atoms with E-state index in [4.69, 9.17) is 0 Å². The van der Waals surface area contributed by atoms with Gasteiger partial charge in [-0.15, -0.1) is 10.2 Å². The minimum atomic E-state index is -0.601. The first-order valence-electron chi connectivity index (χ1n) is 8.61. The number of carbonyl (C=O) groups is 1. The topological polar surface area (TPSA) is 117 Å². The van der Waals surface area contributed by atoms with Crippen LogP contribution < -0.4 is 16.6 Å². The van der Waals surface area contributed by atoms with Crippen molar-refractivity contribution in [3.8, 4) is 0 Å². The Kier molecular flexibility index (Phi) is 5.22. The third-order valence-corrected chi connectivity index (χ3v) is 5.53. The number of aromatic nitrogens is 6. The lowest BCUT2D eigenvalue weighted by Crippen LogP contribution is -2.42. The van der Waals surface area contributed by atoms with E-state index >= 15 is 0 Å². The molecule has 0 saturated carbocycles. The van der Waals surface area contributed by atoms with Crippen molar-refractivity contribution in [3.63, 3.8) is 0 Å². The molecule has 0 unspecified atom stereocenters. The molecule has 0 aromatic carbocycles. The van der Waals surface area contributed by atoms with E-state index in [2.05, 4.69) is 34.3 Å². The lowest BCUT2D eigenvalue weighted by molar-refractivity contribution is -0.116. The summed E-state index contributed by atoms with van der Waals surface area (Å²) in [5.74, 6) is -0.210. The largest absolute Gasteiger partial charge is 0.332 e. The second-order valence-electron chi connectivity index (χ2n) is 6.27. The van der Waals surface area contributed by atoms with Gasteiger partial charge in [0.05, 0.1) is 6.33 Å². The van der Waals surface area contributed by atoms with Gasteiger partial charge in [-0.05, 0) is 12.8 Å². The molecule has 0 aliphatic carbocycles. The number of hydrogen-bond donors (Lipinski definition) is 1. The monoisotopic (exact) mass is 391 g/mol. The maximum Gasteiger partial charge on any atom is 0.332 e. The molecule has 10 nitrogen and oxygen atoms in total. The van der Waals surface area contributed by atoms with Crippen LogP contribution in [-0.4, -0.2) is 34.8 Å². The molecule has 3 aromatic heterocycles. The number of hydrogen-bond acceptors (Lipinski definition) is 7. The summed E-state index contributed by atoms with van der Waals surface area (Å²) in [6, 6.07) is 0. The first kappa shape index (κ1) is 19.0. The van der Waals surface area contributed by atoms with Gasteiger partial charge in [0.15, 0.2) is 11.2 Å². The summed E-state index contributed by atoms with van der Waals surface area (Å²) in [5.41, 5.74) is -0.616. The van der Waals surface area contributed by atoms with Crippen LogP contribution in [0.1, 0.15) is 37.6 Å². The molecule has 144 valence electrons. The summed E-state index contributed by atoms with van der Waals surface area (Å²) in [4.78, 5) is 41.5. The zero-order chi connectivity index (χ0) is 19.7. The van der Waals surface area contributed by atoms with Gasteiger partial charge in [-0.25, -0.2) is 14.3 Å². The molecule has 11 heteroatoms. The first-order chi connectivity index (χ1) is 12.9. The number of nitrogens with one attached hydrogen (secondary N) is 1. The standard InChI is InChI=1S/C16H21N7O3S/c1-5-9(6-2)13-19-20-15(27-13)18-10(24)7-23-14(25)11-12(17-8-21(11)3)22(4)16(23)26/h8-9H,5-7H2,1-4H3,(H,18,20,24). The van der Waals surface area contributed by atoms with E-state index in [9.17, 15) is 14.4 Å². The molecule has 0 radical (unpaired) electrons. The number of imidazole rings is 1. The van der Waals surface area contributed by atoms with E-state index in [0.717, 1.165) is 22.4 Å². The lowest BCUT2D eigenvalue weighted by atomic mass is 10.1. The number of fused-ring (bicyclic) bond motifs is 1. The first-order valence-corrected chi connectivity index (χ1v) is 9.43. The van der Waals surface area contributed by atoms with Crippen molar-refractivity contribution in [2.45, 2.75) is 39.2 Å². The van der Waals surface area contributed by atoms with E-state index in [1.54, 1.807) is 7.05 Å². The van der Waals surface area contributed by atoms with Crippen LogP contribution >= 0.6 is 11.3 Å². The Morgan fingerprint density at radius 1 is 1.22 bits per heavy atom. The molecular weight excluding hydrogens is 370 g/mol. The van der Waals surface area contributed by atoms with Crippen molar-refractivity contribution in [1.29, 1.82) is 0 Å². The number of nitrogens with zero attached hydrogens (tertiary/aromatic N) is 6. The van der Waals surface area contributed by atoms with Crippen molar-refractivity contribution in [2.75, 3.05) is 5.32 Å². The van der Waals surface area contributed by atoms with Gasteiger partial charge in [0.1, 0.15) is 11.6 Å². The van der Waals surface area contributed by atoms with Crippen molar-refractivity contribution in [3.05, 3.63) is 32.2 Å². The number of carbonyl (C=O) groups excluding carboxylic acids is 1. The average molecular weight is 391 g/mol. The molecule has 0 bridgehead atoms. The summed E-state index contributed by atoms with van der Waals surface area (Å²) in [5, 5.41) is 11.9. The van der Waals surface area contributed by atoms with Crippen molar-refractivity contribution >= 4 is 33.5 Å². The fraction of sp³-hybridized carbons (Fsp3) is 0.500. The quantitative estimate of drug-likeness (QED) is 0.665. The number of anilines is 1. The van der Waals surface area contributed by atoms with Crippen LogP contribution in [0, 0.1) is 0 Å². The number of aryl methyl sites for hydroxylation is 2. The molecule has 0 fully saturated rings. The Hall–Kier alpha value is -2.82. The smallest absolute Gasteiger partial charge is 0.328 e.